The first-order valence-electron chi connectivity index (χ1n) is 8.70. The molecule has 0 aliphatic carbocycles. The van der Waals surface area contributed by atoms with E-state index in [-0.39, 0.29) is 5.82 Å². The Hall–Kier alpha value is -2.21. The standard InChI is InChI=1S/C20H24FO6P/c1-12-6-14(3)20(17(7-12)15-4-5-18(21)13(2)8-15)27-11-28(25,26)10-16(22)9-19(23)24/h4-8,16,22H,9-11H2,1-3H3,(H,23,24)(H,25,26)/t16-/m0/s1. The van der Waals surface area contributed by atoms with Crippen molar-refractivity contribution in [1.29, 1.82) is 0 Å². The predicted octanol–water partition coefficient (Wildman–Crippen LogP) is 3.86. The van der Waals surface area contributed by atoms with E-state index in [1.807, 2.05) is 19.1 Å². The first-order valence-corrected chi connectivity index (χ1v) is 10.7. The van der Waals surface area contributed by atoms with Gasteiger partial charge in [-0.3, -0.25) is 9.36 Å². The van der Waals surface area contributed by atoms with Gasteiger partial charge in [-0.25, -0.2) is 4.39 Å². The molecule has 2 atom stereocenters. The average Bonchev–Trinajstić information content (AvgIpc) is 2.54. The van der Waals surface area contributed by atoms with Crippen molar-refractivity contribution in [3.63, 3.8) is 0 Å². The Labute approximate surface area is 163 Å². The van der Waals surface area contributed by atoms with Crippen molar-refractivity contribution in [3.8, 4) is 16.9 Å². The third-order valence-electron chi connectivity index (χ3n) is 4.20. The Morgan fingerprint density at radius 1 is 1.18 bits per heavy atom. The van der Waals surface area contributed by atoms with E-state index in [0.29, 0.717) is 22.4 Å². The number of carboxylic acids is 1. The highest BCUT2D eigenvalue weighted by Gasteiger charge is 2.26. The molecule has 0 amide bonds. The second-order valence-electron chi connectivity index (χ2n) is 6.98. The smallest absolute Gasteiger partial charge is 0.305 e. The lowest BCUT2D eigenvalue weighted by Crippen LogP contribution is -2.19. The summed E-state index contributed by atoms with van der Waals surface area (Å²) in [5.74, 6) is -1.20. The van der Waals surface area contributed by atoms with Crippen molar-refractivity contribution in [2.24, 2.45) is 0 Å². The molecule has 2 aromatic rings. The summed E-state index contributed by atoms with van der Waals surface area (Å²) in [6, 6.07) is 8.34. The molecule has 152 valence electrons. The number of hydrogen-bond acceptors (Lipinski definition) is 4. The SMILES string of the molecule is Cc1cc(C)c(OCP(=O)(O)C[C@@H](O)CC(=O)O)c(-c2ccc(F)c(C)c2)c1. The molecule has 0 radical (unpaired) electrons. The molecular weight excluding hydrogens is 386 g/mol. The molecule has 0 aliphatic rings. The number of carbonyl (C=O) groups is 1. The molecule has 0 saturated heterocycles. The largest absolute Gasteiger partial charge is 0.483 e. The van der Waals surface area contributed by atoms with Crippen molar-refractivity contribution in [2.75, 3.05) is 12.5 Å². The molecule has 0 saturated carbocycles. The number of carboxylic acid groups (broad SMARTS) is 1. The van der Waals surface area contributed by atoms with Gasteiger partial charge in [0, 0.05) is 5.56 Å². The summed E-state index contributed by atoms with van der Waals surface area (Å²) in [7, 11) is -3.93. The van der Waals surface area contributed by atoms with Crippen LogP contribution in [0, 0.1) is 26.6 Å². The Bertz CT molecular complexity index is 927. The molecule has 0 bridgehead atoms. The fourth-order valence-corrected chi connectivity index (χ4v) is 4.21. The molecule has 2 aromatic carbocycles. The summed E-state index contributed by atoms with van der Waals surface area (Å²) < 4.78 is 31.6. The lowest BCUT2D eigenvalue weighted by atomic mass is 9.98. The van der Waals surface area contributed by atoms with Gasteiger partial charge in [0.25, 0.3) is 0 Å². The van der Waals surface area contributed by atoms with E-state index >= 15 is 0 Å². The minimum absolute atomic E-state index is 0.331. The number of rotatable bonds is 8. The van der Waals surface area contributed by atoms with Crippen LogP contribution in [0.15, 0.2) is 30.3 Å². The van der Waals surface area contributed by atoms with Crippen LogP contribution in [0.1, 0.15) is 23.1 Å². The highest BCUT2D eigenvalue weighted by Crippen LogP contribution is 2.44. The number of aliphatic hydroxyl groups is 1. The number of aryl methyl sites for hydroxylation is 3. The molecule has 0 fully saturated rings. The first kappa shape index (κ1) is 22.1. The van der Waals surface area contributed by atoms with Gasteiger partial charge in [0.05, 0.1) is 18.7 Å². The van der Waals surface area contributed by atoms with Crippen LogP contribution in [-0.2, 0) is 9.36 Å². The van der Waals surface area contributed by atoms with E-state index in [1.54, 1.807) is 26.0 Å². The van der Waals surface area contributed by atoms with Crippen LogP contribution in [0.25, 0.3) is 11.1 Å². The molecule has 0 aromatic heterocycles. The Balaban J connectivity index is 2.29. The lowest BCUT2D eigenvalue weighted by Gasteiger charge is -2.19. The number of hydrogen-bond donors (Lipinski definition) is 3. The predicted molar refractivity (Wildman–Crippen MR) is 104 cm³/mol. The summed E-state index contributed by atoms with van der Waals surface area (Å²) in [5, 5.41) is 18.3. The van der Waals surface area contributed by atoms with Crippen LogP contribution in [0.3, 0.4) is 0 Å². The molecule has 8 heteroatoms. The minimum atomic E-state index is -3.93. The molecule has 28 heavy (non-hydrogen) atoms. The van der Waals surface area contributed by atoms with Gasteiger partial charge in [-0.15, -0.1) is 0 Å². The van der Waals surface area contributed by atoms with Crippen molar-refractivity contribution in [1.82, 2.24) is 0 Å². The number of aliphatic hydroxyl groups excluding tert-OH is 1. The van der Waals surface area contributed by atoms with E-state index in [2.05, 4.69) is 0 Å². The molecule has 0 aliphatic heterocycles. The van der Waals surface area contributed by atoms with Crippen LogP contribution >= 0.6 is 7.37 Å². The maximum atomic E-state index is 13.6. The zero-order chi connectivity index (χ0) is 21.1. The topological polar surface area (TPSA) is 104 Å². The summed E-state index contributed by atoms with van der Waals surface area (Å²) in [6.07, 6.45) is -3.19. The van der Waals surface area contributed by atoms with Crippen LogP contribution in [-0.4, -0.2) is 39.7 Å². The molecule has 0 heterocycles. The summed E-state index contributed by atoms with van der Waals surface area (Å²) in [4.78, 5) is 20.7. The summed E-state index contributed by atoms with van der Waals surface area (Å²) >= 11 is 0. The Morgan fingerprint density at radius 3 is 2.46 bits per heavy atom. The third-order valence-corrected chi connectivity index (χ3v) is 5.73. The molecule has 6 nitrogen and oxygen atoms in total. The lowest BCUT2D eigenvalue weighted by molar-refractivity contribution is -0.138. The molecular formula is C20H24FO6P. The van der Waals surface area contributed by atoms with Crippen molar-refractivity contribution in [2.45, 2.75) is 33.3 Å². The van der Waals surface area contributed by atoms with Crippen molar-refractivity contribution < 1.29 is 33.6 Å². The van der Waals surface area contributed by atoms with E-state index < -0.39 is 38.4 Å². The van der Waals surface area contributed by atoms with E-state index in [1.165, 1.54) is 6.07 Å². The van der Waals surface area contributed by atoms with Gasteiger partial charge in [-0.05, 0) is 61.2 Å². The van der Waals surface area contributed by atoms with E-state index in [0.717, 1.165) is 11.1 Å². The normalized spacial score (nSPS) is 14.4. The van der Waals surface area contributed by atoms with Gasteiger partial charge in [-0.1, -0.05) is 12.1 Å². The number of halogens is 1. The quantitative estimate of drug-likeness (QED) is 0.571. The van der Waals surface area contributed by atoms with Gasteiger partial charge in [0.1, 0.15) is 11.6 Å². The molecule has 1 unspecified atom stereocenters. The Kier molecular flexibility index (Phi) is 6.99. The summed E-state index contributed by atoms with van der Waals surface area (Å²) in [6.45, 7) is 5.34. The van der Waals surface area contributed by atoms with Gasteiger partial charge < -0.3 is 19.8 Å². The van der Waals surface area contributed by atoms with Gasteiger partial charge in [0.15, 0.2) is 6.35 Å². The van der Waals surface area contributed by atoms with E-state index in [4.69, 9.17) is 9.84 Å². The van der Waals surface area contributed by atoms with Gasteiger partial charge >= 0.3 is 5.97 Å². The molecule has 0 spiro atoms. The van der Waals surface area contributed by atoms with Crippen LogP contribution in [0.2, 0.25) is 0 Å². The second-order valence-corrected chi connectivity index (χ2v) is 9.29. The second kappa shape index (κ2) is 8.86. The van der Waals surface area contributed by atoms with Crippen LogP contribution in [0.4, 0.5) is 4.39 Å². The highest BCUT2D eigenvalue weighted by molar-refractivity contribution is 7.57. The number of aliphatic carboxylic acids is 1. The first-order chi connectivity index (χ1) is 13.0. The molecule has 2 rings (SSSR count). The van der Waals surface area contributed by atoms with Crippen LogP contribution in [0.5, 0.6) is 5.75 Å². The molecule has 3 N–H and O–H groups in total. The minimum Gasteiger partial charge on any atom is -0.483 e. The van der Waals surface area contributed by atoms with Crippen molar-refractivity contribution in [3.05, 3.63) is 52.8 Å². The zero-order valence-corrected chi connectivity index (χ0v) is 16.9. The van der Waals surface area contributed by atoms with Gasteiger partial charge in [-0.2, -0.15) is 0 Å². The third kappa shape index (κ3) is 5.89. The Morgan fingerprint density at radius 2 is 1.86 bits per heavy atom. The maximum Gasteiger partial charge on any atom is 0.305 e. The fourth-order valence-electron chi connectivity index (χ4n) is 2.99. The van der Waals surface area contributed by atoms with Gasteiger partial charge in [0.2, 0.25) is 7.37 Å². The fraction of sp³-hybridized carbons (Fsp3) is 0.350. The monoisotopic (exact) mass is 410 g/mol. The van der Waals surface area contributed by atoms with E-state index in [9.17, 15) is 23.7 Å². The highest BCUT2D eigenvalue weighted by atomic mass is 31.2. The van der Waals surface area contributed by atoms with Crippen molar-refractivity contribution >= 4 is 13.3 Å². The summed E-state index contributed by atoms with van der Waals surface area (Å²) in [5.41, 5.74) is 3.52. The zero-order valence-electron chi connectivity index (χ0n) is 16.0. The number of ether oxygens (including phenoxy) is 1. The van der Waals surface area contributed by atoms with Crippen LogP contribution < -0.4 is 4.74 Å². The average molecular weight is 410 g/mol. The number of benzene rings is 2. The maximum absolute atomic E-state index is 13.6.